The fourth-order valence-corrected chi connectivity index (χ4v) is 3.28. The summed E-state index contributed by atoms with van der Waals surface area (Å²) in [5, 5.41) is 0. The van der Waals surface area contributed by atoms with E-state index in [1.807, 2.05) is 13.8 Å². The molecule has 0 fully saturated rings. The van der Waals surface area contributed by atoms with Crippen LogP contribution in [0.4, 0.5) is 0 Å². The van der Waals surface area contributed by atoms with Crippen molar-refractivity contribution in [1.82, 2.24) is 0 Å². The third kappa shape index (κ3) is 3.37. The number of hydrogen-bond donors (Lipinski definition) is 0. The Kier molecular flexibility index (Phi) is 6.17. The Hall–Kier alpha value is -2.34. The zero-order chi connectivity index (χ0) is 16.5. The topological polar surface area (TPSA) is 0 Å². The van der Waals surface area contributed by atoms with E-state index < -0.39 is 0 Å². The fraction of sp³-hybridized carbons (Fsp3) is 0.217. The molecular weight excluding hydrogens is 276 g/mol. The lowest BCUT2D eigenvalue weighted by Crippen LogP contribution is -2.28. The third-order valence-corrected chi connectivity index (χ3v) is 4.33. The van der Waals surface area contributed by atoms with Gasteiger partial charge >= 0.3 is 0 Å². The van der Waals surface area contributed by atoms with Crippen molar-refractivity contribution >= 4 is 0 Å². The average Bonchev–Trinajstić information content (AvgIpc) is 2.67. The second-order valence-electron chi connectivity index (χ2n) is 5.36. The lowest BCUT2D eigenvalue weighted by Gasteiger charge is -2.35. The standard InChI is InChI=1S/C21H20.C2H6/c1-2-21(18-12-6-3-7-13-18,19-14-8-4-9-15-19)20-16-10-5-11-17-20;1-2/h3-17H,2H2,1H3;1-2H3. The molecule has 0 aliphatic rings. The van der Waals surface area contributed by atoms with Gasteiger partial charge in [0.15, 0.2) is 0 Å². The van der Waals surface area contributed by atoms with Crippen molar-refractivity contribution < 1.29 is 0 Å². The molecule has 0 unspecified atom stereocenters. The minimum absolute atomic E-state index is 0.0796. The van der Waals surface area contributed by atoms with Crippen LogP contribution in [0.2, 0.25) is 0 Å². The Morgan fingerprint density at radius 3 is 1.00 bits per heavy atom. The zero-order valence-electron chi connectivity index (χ0n) is 14.4. The van der Waals surface area contributed by atoms with Crippen molar-refractivity contribution in [2.24, 2.45) is 0 Å². The minimum Gasteiger partial charge on any atom is -0.0683 e. The monoisotopic (exact) mass is 302 g/mol. The van der Waals surface area contributed by atoms with E-state index in [9.17, 15) is 0 Å². The minimum atomic E-state index is -0.0796. The van der Waals surface area contributed by atoms with E-state index >= 15 is 0 Å². The molecule has 3 aromatic carbocycles. The molecule has 0 heterocycles. The molecule has 0 amide bonds. The first-order valence-corrected chi connectivity index (χ1v) is 8.54. The van der Waals surface area contributed by atoms with Crippen LogP contribution < -0.4 is 0 Å². The maximum absolute atomic E-state index is 2.27. The lowest BCUT2D eigenvalue weighted by atomic mass is 9.68. The molecule has 0 aliphatic heterocycles. The van der Waals surface area contributed by atoms with E-state index in [1.54, 1.807) is 0 Å². The lowest BCUT2D eigenvalue weighted by molar-refractivity contribution is 0.594. The van der Waals surface area contributed by atoms with Crippen molar-refractivity contribution in [2.75, 3.05) is 0 Å². The second-order valence-corrected chi connectivity index (χ2v) is 5.36. The average molecular weight is 302 g/mol. The van der Waals surface area contributed by atoms with Crippen LogP contribution in [0, 0.1) is 0 Å². The molecule has 0 saturated carbocycles. The Balaban J connectivity index is 0.000000924. The highest BCUT2D eigenvalue weighted by Gasteiger charge is 2.33. The molecular formula is C23H26. The molecule has 23 heavy (non-hydrogen) atoms. The van der Waals surface area contributed by atoms with Crippen molar-refractivity contribution in [3.05, 3.63) is 108 Å². The third-order valence-electron chi connectivity index (χ3n) is 4.33. The predicted octanol–water partition coefficient (Wildman–Crippen LogP) is 6.46. The first kappa shape index (κ1) is 17.0. The summed E-state index contributed by atoms with van der Waals surface area (Å²) in [7, 11) is 0. The highest BCUT2D eigenvalue weighted by Crippen LogP contribution is 2.41. The van der Waals surface area contributed by atoms with Crippen LogP contribution in [0.3, 0.4) is 0 Å². The SMILES string of the molecule is CC.CCC(c1ccccc1)(c1ccccc1)c1ccccc1. The molecule has 3 rings (SSSR count). The maximum atomic E-state index is 2.27. The van der Waals surface area contributed by atoms with Gasteiger partial charge in [-0.25, -0.2) is 0 Å². The predicted molar refractivity (Wildman–Crippen MR) is 101 cm³/mol. The summed E-state index contributed by atoms with van der Waals surface area (Å²) in [6, 6.07) is 32.5. The Labute approximate surface area is 140 Å². The molecule has 0 aliphatic carbocycles. The van der Waals surface area contributed by atoms with Gasteiger partial charge in [-0.1, -0.05) is 112 Å². The quantitative estimate of drug-likeness (QED) is 0.485. The largest absolute Gasteiger partial charge is 0.0683 e. The molecule has 0 bridgehead atoms. The van der Waals surface area contributed by atoms with E-state index in [-0.39, 0.29) is 5.41 Å². The van der Waals surface area contributed by atoms with Gasteiger partial charge in [-0.3, -0.25) is 0 Å². The fourth-order valence-electron chi connectivity index (χ4n) is 3.28. The first-order valence-electron chi connectivity index (χ1n) is 8.54. The number of hydrogen-bond acceptors (Lipinski definition) is 0. The van der Waals surface area contributed by atoms with Gasteiger partial charge < -0.3 is 0 Å². The molecule has 0 saturated heterocycles. The number of benzene rings is 3. The van der Waals surface area contributed by atoms with E-state index in [4.69, 9.17) is 0 Å². The molecule has 0 nitrogen and oxygen atoms in total. The molecule has 118 valence electrons. The van der Waals surface area contributed by atoms with Gasteiger partial charge in [-0.15, -0.1) is 0 Å². The van der Waals surface area contributed by atoms with Crippen LogP contribution >= 0.6 is 0 Å². The molecule has 0 atom stereocenters. The molecule has 0 spiro atoms. The Bertz CT molecular complexity index is 572. The first-order chi connectivity index (χ1) is 11.4. The van der Waals surface area contributed by atoms with Crippen LogP contribution in [0.15, 0.2) is 91.0 Å². The van der Waals surface area contributed by atoms with Crippen molar-refractivity contribution in [3.63, 3.8) is 0 Å². The smallest absolute Gasteiger partial charge is 0.0448 e. The highest BCUT2D eigenvalue weighted by molar-refractivity contribution is 5.49. The molecule has 3 aromatic rings. The van der Waals surface area contributed by atoms with Crippen molar-refractivity contribution in [3.8, 4) is 0 Å². The normalized spacial score (nSPS) is 10.6. The second kappa shape index (κ2) is 8.33. The summed E-state index contributed by atoms with van der Waals surface area (Å²) in [4.78, 5) is 0. The van der Waals surface area contributed by atoms with Crippen LogP contribution in [-0.2, 0) is 5.41 Å². The Morgan fingerprint density at radius 1 is 0.522 bits per heavy atom. The van der Waals surface area contributed by atoms with Gasteiger partial charge in [0, 0.05) is 5.41 Å². The summed E-state index contributed by atoms with van der Waals surface area (Å²) in [6.45, 7) is 6.27. The zero-order valence-corrected chi connectivity index (χ0v) is 14.4. The maximum Gasteiger partial charge on any atom is 0.0448 e. The van der Waals surface area contributed by atoms with Crippen molar-refractivity contribution in [2.45, 2.75) is 32.6 Å². The molecule has 0 aromatic heterocycles. The summed E-state index contributed by atoms with van der Waals surface area (Å²) in [5.41, 5.74) is 3.98. The van der Waals surface area contributed by atoms with E-state index in [1.165, 1.54) is 16.7 Å². The van der Waals surface area contributed by atoms with E-state index in [0.717, 1.165) is 6.42 Å². The van der Waals surface area contributed by atoms with Crippen molar-refractivity contribution in [1.29, 1.82) is 0 Å². The summed E-state index contributed by atoms with van der Waals surface area (Å²) in [6.07, 6.45) is 1.03. The van der Waals surface area contributed by atoms with Gasteiger partial charge in [0.05, 0.1) is 0 Å². The van der Waals surface area contributed by atoms with Gasteiger partial charge in [0.25, 0.3) is 0 Å². The van der Waals surface area contributed by atoms with Crippen LogP contribution in [0.25, 0.3) is 0 Å². The number of rotatable bonds is 4. The Morgan fingerprint density at radius 2 is 0.783 bits per heavy atom. The van der Waals surface area contributed by atoms with Crippen LogP contribution in [-0.4, -0.2) is 0 Å². The van der Waals surface area contributed by atoms with Crippen LogP contribution in [0.5, 0.6) is 0 Å². The summed E-state index contributed by atoms with van der Waals surface area (Å²) < 4.78 is 0. The van der Waals surface area contributed by atoms with Gasteiger partial charge in [0.1, 0.15) is 0 Å². The van der Waals surface area contributed by atoms with Crippen LogP contribution in [0.1, 0.15) is 43.9 Å². The van der Waals surface area contributed by atoms with Gasteiger partial charge in [0.2, 0.25) is 0 Å². The van der Waals surface area contributed by atoms with Gasteiger partial charge in [-0.2, -0.15) is 0 Å². The summed E-state index contributed by atoms with van der Waals surface area (Å²) >= 11 is 0. The molecule has 0 radical (unpaired) electrons. The van der Waals surface area contributed by atoms with E-state index in [0.29, 0.717) is 0 Å². The molecule has 0 heteroatoms. The van der Waals surface area contributed by atoms with Gasteiger partial charge in [-0.05, 0) is 23.1 Å². The molecule has 0 N–H and O–H groups in total. The van der Waals surface area contributed by atoms with E-state index in [2.05, 4.69) is 97.9 Å². The summed E-state index contributed by atoms with van der Waals surface area (Å²) in [5.74, 6) is 0. The highest BCUT2D eigenvalue weighted by atomic mass is 14.4.